The van der Waals surface area contributed by atoms with Gasteiger partial charge < -0.3 is 15.8 Å². The number of rotatable bonds is 5. The van der Waals surface area contributed by atoms with Crippen molar-refractivity contribution in [2.45, 2.75) is 12.7 Å². The van der Waals surface area contributed by atoms with Crippen molar-refractivity contribution < 1.29 is 27.1 Å². The van der Waals surface area contributed by atoms with Crippen LogP contribution in [0.3, 0.4) is 0 Å². The average molecular weight is 405 g/mol. The first-order valence-corrected chi connectivity index (χ1v) is 8.36. The van der Waals surface area contributed by atoms with Gasteiger partial charge in [-0.3, -0.25) is 4.79 Å². The molecule has 1 aromatic heterocycles. The quantitative estimate of drug-likeness (QED) is 0.611. The van der Waals surface area contributed by atoms with Crippen molar-refractivity contribution in [2.24, 2.45) is 0 Å². The van der Waals surface area contributed by atoms with Gasteiger partial charge in [0, 0.05) is 12.7 Å². The minimum absolute atomic E-state index is 0.0971. The number of hydrogen-bond acceptors (Lipinski definition) is 4. The molecule has 0 unspecified atom stereocenters. The summed E-state index contributed by atoms with van der Waals surface area (Å²) in [6.07, 6.45) is -3.18. The number of benzene rings is 2. The summed E-state index contributed by atoms with van der Waals surface area (Å²) in [4.78, 5) is 16.0. The number of ether oxygens (including phenoxy) is 1. The molecule has 2 aromatic carbocycles. The molecule has 0 aliphatic heterocycles. The van der Waals surface area contributed by atoms with E-state index < -0.39 is 23.5 Å². The number of anilines is 1. The number of nitrogens with two attached hydrogens (primary N) is 1. The number of aromatic nitrogens is 1. The zero-order valence-electron chi connectivity index (χ0n) is 14.8. The molecule has 9 heteroatoms. The van der Waals surface area contributed by atoms with Crippen LogP contribution in [0.25, 0.3) is 0 Å². The summed E-state index contributed by atoms with van der Waals surface area (Å²) >= 11 is 0. The zero-order chi connectivity index (χ0) is 21.0. The molecule has 0 spiro atoms. The van der Waals surface area contributed by atoms with E-state index in [0.29, 0.717) is 11.6 Å². The van der Waals surface area contributed by atoms with Crippen LogP contribution in [0.5, 0.6) is 11.5 Å². The van der Waals surface area contributed by atoms with Crippen LogP contribution in [0.2, 0.25) is 0 Å². The van der Waals surface area contributed by atoms with Crippen LogP contribution in [0.1, 0.15) is 21.5 Å². The molecule has 0 saturated heterocycles. The first-order chi connectivity index (χ1) is 13.7. The summed E-state index contributed by atoms with van der Waals surface area (Å²) in [7, 11) is 0. The van der Waals surface area contributed by atoms with Crippen molar-refractivity contribution in [3.8, 4) is 11.5 Å². The molecule has 3 N–H and O–H groups in total. The van der Waals surface area contributed by atoms with E-state index in [2.05, 4.69) is 10.3 Å². The average Bonchev–Trinajstić information content (AvgIpc) is 2.67. The molecular formula is C20H15F4N3O2. The Morgan fingerprint density at radius 3 is 2.59 bits per heavy atom. The summed E-state index contributed by atoms with van der Waals surface area (Å²) in [6.45, 7) is 0.125. The van der Waals surface area contributed by atoms with Crippen molar-refractivity contribution in [1.82, 2.24) is 10.3 Å². The fourth-order valence-electron chi connectivity index (χ4n) is 2.49. The molecule has 1 heterocycles. The predicted molar refractivity (Wildman–Crippen MR) is 97.7 cm³/mol. The maximum atomic E-state index is 13.9. The molecule has 29 heavy (non-hydrogen) atoms. The highest BCUT2D eigenvalue weighted by atomic mass is 19.4. The van der Waals surface area contributed by atoms with Crippen molar-refractivity contribution in [2.75, 3.05) is 5.73 Å². The second-order valence-corrected chi connectivity index (χ2v) is 6.01. The molecule has 150 valence electrons. The third-order valence-electron chi connectivity index (χ3n) is 3.92. The molecule has 0 aliphatic rings. The Bertz CT molecular complexity index is 1040. The third kappa shape index (κ3) is 5.01. The van der Waals surface area contributed by atoms with Crippen LogP contribution >= 0.6 is 0 Å². The smallest absolute Gasteiger partial charge is 0.416 e. The van der Waals surface area contributed by atoms with Gasteiger partial charge in [-0.25, -0.2) is 9.37 Å². The van der Waals surface area contributed by atoms with Crippen LogP contribution in [0.15, 0.2) is 60.8 Å². The number of halogens is 4. The van der Waals surface area contributed by atoms with Gasteiger partial charge in [0.2, 0.25) is 0 Å². The summed E-state index contributed by atoms with van der Waals surface area (Å²) in [6, 6.07) is 11.5. The molecular weight excluding hydrogens is 390 g/mol. The molecule has 3 aromatic rings. The SMILES string of the molecule is Nc1ncccc1C(=O)NCc1cccc(Oc2ccc(C(F)(F)F)cc2F)c1. The number of amides is 1. The van der Waals surface area contributed by atoms with Gasteiger partial charge in [0.1, 0.15) is 11.6 Å². The van der Waals surface area contributed by atoms with Gasteiger partial charge in [-0.2, -0.15) is 13.2 Å². The van der Waals surface area contributed by atoms with E-state index in [1.807, 2.05) is 0 Å². The maximum Gasteiger partial charge on any atom is 0.416 e. The number of nitrogens with one attached hydrogen (secondary N) is 1. The monoisotopic (exact) mass is 405 g/mol. The predicted octanol–water partition coefficient (Wildman–Crippen LogP) is 4.54. The van der Waals surface area contributed by atoms with Gasteiger partial charge in [-0.05, 0) is 48.0 Å². The van der Waals surface area contributed by atoms with E-state index in [9.17, 15) is 22.4 Å². The van der Waals surface area contributed by atoms with Crippen molar-refractivity contribution in [3.63, 3.8) is 0 Å². The van der Waals surface area contributed by atoms with Crippen LogP contribution in [0.4, 0.5) is 23.4 Å². The van der Waals surface area contributed by atoms with E-state index in [1.165, 1.54) is 24.4 Å². The van der Waals surface area contributed by atoms with Crippen molar-refractivity contribution >= 4 is 11.7 Å². The second kappa shape index (κ2) is 8.17. The molecule has 0 aliphatic carbocycles. The minimum Gasteiger partial charge on any atom is -0.454 e. The summed E-state index contributed by atoms with van der Waals surface area (Å²) in [5.74, 6) is -1.60. The van der Waals surface area contributed by atoms with Gasteiger partial charge in [-0.15, -0.1) is 0 Å². The lowest BCUT2D eigenvalue weighted by atomic mass is 10.2. The maximum absolute atomic E-state index is 13.9. The topological polar surface area (TPSA) is 77.2 Å². The molecule has 0 radical (unpaired) electrons. The van der Waals surface area contributed by atoms with Gasteiger partial charge >= 0.3 is 6.18 Å². The van der Waals surface area contributed by atoms with Crippen LogP contribution in [-0.2, 0) is 12.7 Å². The Hall–Kier alpha value is -3.62. The van der Waals surface area contributed by atoms with E-state index in [1.54, 1.807) is 18.2 Å². The van der Waals surface area contributed by atoms with E-state index >= 15 is 0 Å². The lowest BCUT2D eigenvalue weighted by Gasteiger charge is -2.11. The lowest BCUT2D eigenvalue weighted by molar-refractivity contribution is -0.137. The Morgan fingerprint density at radius 1 is 1.10 bits per heavy atom. The summed E-state index contributed by atoms with van der Waals surface area (Å²) < 4.78 is 57.2. The van der Waals surface area contributed by atoms with Gasteiger partial charge in [0.15, 0.2) is 11.6 Å². The molecule has 3 rings (SSSR count). The molecule has 0 bridgehead atoms. The lowest BCUT2D eigenvalue weighted by Crippen LogP contribution is -2.24. The summed E-state index contributed by atoms with van der Waals surface area (Å²) in [5.41, 5.74) is 5.41. The van der Waals surface area contributed by atoms with Crippen molar-refractivity contribution in [3.05, 3.63) is 83.3 Å². The Labute approximate surface area is 163 Å². The standard InChI is InChI=1S/C20H15F4N3O2/c21-16-10-13(20(22,23)24)6-7-17(16)29-14-4-1-3-12(9-14)11-27-19(28)15-5-2-8-26-18(15)25/h1-10H,11H2,(H2,25,26)(H,27,28). The van der Waals surface area contributed by atoms with Crippen LogP contribution < -0.4 is 15.8 Å². The first kappa shape index (κ1) is 20.1. The molecule has 1 amide bonds. The minimum atomic E-state index is -4.64. The van der Waals surface area contributed by atoms with Gasteiger partial charge in [0.25, 0.3) is 5.91 Å². The number of alkyl halides is 3. The number of pyridine rings is 1. The van der Waals surface area contributed by atoms with Crippen LogP contribution in [-0.4, -0.2) is 10.9 Å². The highest BCUT2D eigenvalue weighted by Gasteiger charge is 2.31. The largest absolute Gasteiger partial charge is 0.454 e. The molecule has 0 atom stereocenters. The van der Waals surface area contributed by atoms with Crippen molar-refractivity contribution in [1.29, 1.82) is 0 Å². The summed E-state index contributed by atoms with van der Waals surface area (Å²) in [5, 5.41) is 2.67. The number of carbonyl (C=O) groups is 1. The van der Waals surface area contributed by atoms with Gasteiger partial charge in [-0.1, -0.05) is 12.1 Å². The van der Waals surface area contributed by atoms with E-state index in [-0.39, 0.29) is 29.4 Å². The Balaban J connectivity index is 1.69. The number of carbonyl (C=O) groups excluding carboxylic acids is 1. The van der Waals surface area contributed by atoms with E-state index in [4.69, 9.17) is 10.5 Å². The highest BCUT2D eigenvalue weighted by molar-refractivity contribution is 5.98. The van der Waals surface area contributed by atoms with E-state index in [0.717, 1.165) is 12.1 Å². The highest BCUT2D eigenvalue weighted by Crippen LogP contribution is 2.33. The number of nitrogen functional groups attached to an aromatic ring is 1. The molecule has 0 fully saturated rings. The zero-order valence-corrected chi connectivity index (χ0v) is 14.8. The van der Waals surface area contributed by atoms with Gasteiger partial charge in [0.05, 0.1) is 11.1 Å². The molecule has 0 saturated carbocycles. The fourth-order valence-corrected chi connectivity index (χ4v) is 2.49. The van der Waals surface area contributed by atoms with Crippen LogP contribution in [0, 0.1) is 5.82 Å². The number of hydrogen-bond donors (Lipinski definition) is 2. The Morgan fingerprint density at radius 2 is 1.90 bits per heavy atom. The normalized spacial score (nSPS) is 11.2. The Kier molecular flexibility index (Phi) is 5.67. The molecule has 5 nitrogen and oxygen atoms in total. The second-order valence-electron chi connectivity index (χ2n) is 6.01. The third-order valence-corrected chi connectivity index (χ3v) is 3.92. The first-order valence-electron chi connectivity index (χ1n) is 8.36. The number of nitrogens with zero attached hydrogens (tertiary/aromatic N) is 1. The fraction of sp³-hybridized carbons (Fsp3) is 0.100.